The molecule has 7 nitrogen and oxygen atoms in total. The average Bonchev–Trinajstić information content (AvgIpc) is 2.31. The molecule has 1 rings (SSSR count). The van der Waals surface area contributed by atoms with E-state index >= 15 is 0 Å². The Kier molecular flexibility index (Phi) is 5.01. The molecule has 1 aliphatic rings. The molecule has 0 aliphatic carbocycles. The third-order valence-electron chi connectivity index (χ3n) is 4.00. The van der Waals surface area contributed by atoms with Gasteiger partial charge in [0.25, 0.3) is 0 Å². The molecule has 0 spiro atoms. The van der Waals surface area contributed by atoms with Crippen LogP contribution in [-0.2, 0) is 14.4 Å². The fraction of sp³-hybridized carbons (Fsp3) is 0.786. The third-order valence-corrected chi connectivity index (χ3v) is 5.52. The van der Waals surface area contributed by atoms with Crippen LogP contribution in [-0.4, -0.2) is 55.1 Å². The zero-order chi connectivity index (χ0) is 17.5. The lowest BCUT2D eigenvalue weighted by atomic mass is 9.83. The molecule has 0 radical (unpaired) electrons. The Balaban J connectivity index is 3.04. The van der Waals surface area contributed by atoms with Crippen LogP contribution in [0.1, 0.15) is 41.0 Å². The minimum atomic E-state index is -1.92. The van der Waals surface area contributed by atoms with Gasteiger partial charge in [0.1, 0.15) is 0 Å². The molecule has 22 heavy (non-hydrogen) atoms. The van der Waals surface area contributed by atoms with E-state index in [1.54, 1.807) is 11.8 Å². The number of ketones is 1. The first-order chi connectivity index (χ1) is 9.74. The maximum absolute atomic E-state index is 12.4. The highest BCUT2D eigenvalue weighted by Crippen LogP contribution is 2.54. The number of Topliss-reactive ketones (excluding diaryl/α,β-unsaturated/α-hetero) is 1. The lowest BCUT2D eigenvalue weighted by Crippen LogP contribution is -2.74. The standard InChI is InChI=1S/C14H24N2O5S/c1-12(2)10(13(3,4)22-12)16-14(5,11(20)21)9(19)7(15)6-8(17)18/h7,10,16H,6,15H2,1-5H3,(H,17,18)(H,20,21)/t7-,14+/m1/s1. The van der Waals surface area contributed by atoms with Crippen molar-refractivity contribution in [2.75, 3.05) is 0 Å². The van der Waals surface area contributed by atoms with Crippen LogP contribution in [0.15, 0.2) is 0 Å². The Morgan fingerprint density at radius 3 is 2.00 bits per heavy atom. The highest BCUT2D eigenvalue weighted by molar-refractivity contribution is 8.03. The minimum absolute atomic E-state index is 0.230. The van der Waals surface area contributed by atoms with Gasteiger partial charge in [-0.05, 0) is 34.6 Å². The van der Waals surface area contributed by atoms with E-state index in [1.807, 2.05) is 27.7 Å². The number of nitrogens with one attached hydrogen (secondary N) is 1. The van der Waals surface area contributed by atoms with Gasteiger partial charge in [-0.3, -0.25) is 14.9 Å². The quantitative estimate of drug-likeness (QED) is 0.495. The number of hydrogen-bond acceptors (Lipinski definition) is 6. The number of carbonyl (C=O) groups excluding carboxylic acids is 1. The molecule has 0 aromatic carbocycles. The van der Waals surface area contributed by atoms with Gasteiger partial charge < -0.3 is 15.9 Å². The molecule has 0 saturated carbocycles. The molecule has 0 bridgehead atoms. The second-order valence-electron chi connectivity index (χ2n) is 6.89. The van der Waals surface area contributed by atoms with Crippen LogP contribution < -0.4 is 11.1 Å². The molecular formula is C14H24N2O5S. The van der Waals surface area contributed by atoms with E-state index in [9.17, 15) is 19.5 Å². The molecule has 1 aliphatic heterocycles. The predicted molar refractivity (Wildman–Crippen MR) is 83.9 cm³/mol. The van der Waals surface area contributed by atoms with Crippen molar-refractivity contribution < 1.29 is 24.6 Å². The normalized spacial score (nSPS) is 23.9. The summed E-state index contributed by atoms with van der Waals surface area (Å²) < 4.78 is -0.477. The number of rotatable bonds is 7. The first kappa shape index (κ1) is 18.9. The van der Waals surface area contributed by atoms with E-state index < -0.39 is 35.7 Å². The molecule has 0 amide bonds. The number of hydrogen-bond donors (Lipinski definition) is 4. The lowest BCUT2D eigenvalue weighted by molar-refractivity contribution is -0.152. The highest BCUT2D eigenvalue weighted by Gasteiger charge is 2.58. The van der Waals surface area contributed by atoms with Gasteiger partial charge >= 0.3 is 11.9 Å². The summed E-state index contributed by atoms with van der Waals surface area (Å²) in [5.74, 6) is -3.43. The van der Waals surface area contributed by atoms with Crippen LogP contribution >= 0.6 is 11.8 Å². The summed E-state index contributed by atoms with van der Waals surface area (Å²) in [4.78, 5) is 34.8. The zero-order valence-corrected chi connectivity index (χ0v) is 14.3. The summed E-state index contributed by atoms with van der Waals surface area (Å²) in [6.45, 7) is 9.10. The number of aliphatic carboxylic acids is 2. The number of carboxylic acids is 2. The predicted octanol–water partition coefficient (Wildman–Crippen LogP) is 0.463. The van der Waals surface area contributed by atoms with Crippen molar-refractivity contribution in [3.05, 3.63) is 0 Å². The molecule has 0 aromatic rings. The van der Waals surface area contributed by atoms with Crippen LogP contribution in [0.3, 0.4) is 0 Å². The van der Waals surface area contributed by atoms with Crippen molar-refractivity contribution in [1.82, 2.24) is 5.32 Å². The highest BCUT2D eigenvalue weighted by atomic mass is 32.2. The van der Waals surface area contributed by atoms with Gasteiger partial charge in [0.15, 0.2) is 11.3 Å². The number of carbonyl (C=O) groups is 3. The van der Waals surface area contributed by atoms with E-state index in [4.69, 9.17) is 10.8 Å². The molecule has 1 heterocycles. The molecule has 0 unspecified atom stereocenters. The SMILES string of the molecule is CC1(C)SC(C)(C)C1N[C@](C)(C(=O)O)C(=O)[C@H](N)CC(=O)O. The molecule has 126 valence electrons. The summed E-state index contributed by atoms with van der Waals surface area (Å²) in [7, 11) is 0. The first-order valence-corrected chi connectivity index (χ1v) is 7.78. The molecule has 0 aromatic heterocycles. The van der Waals surface area contributed by atoms with Gasteiger partial charge in [0.05, 0.1) is 12.5 Å². The number of carboxylic acid groups (broad SMARTS) is 2. The van der Waals surface area contributed by atoms with Gasteiger partial charge in [0, 0.05) is 15.5 Å². The fourth-order valence-corrected chi connectivity index (χ4v) is 5.21. The van der Waals surface area contributed by atoms with Gasteiger partial charge in [-0.2, -0.15) is 0 Å². The third kappa shape index (κ3) is 3.44. The van der Waals surface area contributed by atoms with E-state index in [0.717, 1.165) is 0 Å². The van der Waals surface area contributed by atoms with E-state index in [1.165, 1.54) is 6.92 Å². The van der Waals surface area contributed by atoms with Crippen molar-refractivity contribution >= 4 is 29.5 Å². The van der Waals surface area contributed by atoms with Crippen molar-refractivity contribution in [2.45, 2.75) is 68.2 Å². The van der Waals surface area contributed by atoms with Gasteiger partial charge in [-0.25, -0.2) is 4.79 Å². The summed E-state index contributed by atoms with van der Waals surface area (Å²) >= 11 is 1.69. The monoisotopic (exact) mass is 332 g/mol. The molecule has 8 heteroatoms. The van der Waals surface area contributed by atoms with E-state index in [2.05, 4.69) is 5.32 Å². The number of nitrogens with two attached hydrogens (primary N) is 1. The van der Waals surface area contributed by atoms with Crippen molar-refractivity contribution in [1.29, 1.82) is 0 Å². The van der Waals surface area contributed by atoms with Crippen LogP contribution in [0, 0.1) is 0 Å². The summed E-state index contributed by atoms with van der Waals surface area (Å²) in [6.07, 6.45) is -0.602. The van der Waals surface area contributed by atoms with Gasteiger partial charge in [0.2, 0.25) is 0 Å². The smallest absolute Gasteiger partial charge is 0.331 e. The Hall–Kier alpha value is -1.12. The largest absolute Gasteiger partial charge is 0.481 e. The molecule has 1 fully saturated rings. The first-order valence-electron chi connectivity index (χ1n) is 6.97. The summed E-state index contributed by atoms with van der Waals surface area (Å²) in [6, 6.07) is -1.60. The van der Waals surface area contributed by atoms with Crippen LogP contribution in [0.4, 0.5) is 0 Å². The maximum atomic E-state index is 12.4. The van der Waals surface area contributed by atoms with E-state index in [-0.39, 0.29) is 15.5 Å². The Bertz CT molecular complexity index is 491. The van der Waals surface area contributed by atoms with Gasteiger partial charge in [-0.15, -0.1) is 11.8 Å². The summed E-state index contributed by atoms with van der Waals surface area (Å²) in [5, 5.41) is 21.2. The van der Waals surface area contributed by atoms with Gasteiger partial charge in [-0.1, -0.05) is 0 Å². The van der Waals surface area contributed by atoms with Crippen molar-refractivity contribution in [3.8, 4) is 0 Å². The van der Waals surface area contributed by atoms with Crippen LogP contribution in [0.2, 0.25) is 0 Å². The molecule has 2 atom stereocenters. The van der Waals surface area contributed by atoms with Crippen LogP contribution in [0.5, 0.6) is 0 Å². The summed E-state index contributed by atoms with van der Waals surface area (Å²) in [5.41, 5.74) is 3.65. The lowest BCUT2D eigenvalue weighted by Gasteiger charge is -2.58. The van der Waals surface area contributed by atoms with Crippen molar-refractivity contribution in [3.63, 3.8) is 0 Å². The molecular weight excluding hydrogens is 308 g/mol. The van der Waals surface area contributed by atoms with Crippen LogP contribution in [0.25, 0.3) is 0 Å². The second kappa shape index (κ2) is 5.82. The number of thioether (sulfide) groups is 1. The average molecular weight is 332 g/mol. The molecule has 1 saturated heterocycles. The van der Waals surface area contributed by atoms with Crippen molar-refractivity contribution in [2.24, 2.45) is 5.73 Å². The van der Waals surface area contributed by atoms with E-state index in [0.29, 0.717) is 0 Å². The Labute approximate surface area is 134 Å². The fourth-order valence-electron chi connectivity index (χ4n) is 3.10. The topological polar surface area (TPSA) is 130 Å². The minimum Gasteiger partial charge on any atom is -0.481 e. The Morgan fingerprint density at radius 2 is 1.68 bits per heavy atom. The second-order valence-corrected chi connectivity index (χ2v) is 9.19. The maximum Gasteiger partial charge on any atom is 0.331 e. The zero-order valence-electron chi connectivity index (χ0n) is 13.5. The molecule has 5 N–H and O–H groups in total. The Morgan fingerprint density at radius 1 is 1.23 bits per heavy atom.